The number of rotatable bonds is 5. The van der Waals surface area contributed by atoms with Crippen LogP contribution in [0.3, 0.4) is 0 Å². The fraction of sp³-hybridized carbons (Fsp3) is 0.286. The summed E-state index contributed by atoms with van der Waals surface area (Å²) in [5.41, 5.74) is 0.979. The molecule has 4 nitrogen and oxygen atoms in total. The van der Waals surface area contributed by atoms with E-state index in [0.717, 1.165) is 5.56 Å². The zero-order valence-electron chi connectivity index (χ0n) is 10.3. The van der Waals surface area contributed by atoms with Crippen LogP contribution in [0.4, 0.5) is 0 Å². The molecular formula is C14H16O4. The second-order valence-corrected chi connectivity index (χ2v) is 4.03. The second-order valence-electron chi connectivity index (χ2n) is 4.03. The van der Waals surface area contributed by atoms with Gasteiger partial charge in [0.25, 0.3) is 0 Å². The van der Waals surface area contributed by atoms with Crippen molar-refractivity contribution < 1.29 is 19.3 Å². The monoisotopic (exact) mass is 248 g/mol. The van der Waals surface area contributed by atoms with Gasteiger partial charge < -0.3 is 19.3 Å². The zero-order chi connectivity index (χ0) is 13.2. The lowest BCUT2D eigenvalue weighted by Gasteiger charge is -2.18. The molecule has 96 valence electrons. The number of aliphatic hydroxyl groups is 1. The molecule has 0 saturated carbocycles. The van der Waals surface area contributed by atoms with E-state index in [0.29, 0.717) is 23.7 Å². The fourth-order valence-electron chi connectivity index (χ4n) is 1.86. The summed E-state index contributed by atoms with van der Waals surface area (Å²) in [5.74, 6) is -0.279. The van der Waals surface area contributed by atoms with Gasteiger partial charge in [-0.2, -0.15) is 0 Å². The Balaban J connectivity index is 2.38. The van der Waals surface area contributed by atoms with Crippen molar-refractivity contribution in [2.75, 3.05) is 7.11 Å². The first-order valence-electron chi connectivity index (χ1n) is 5.65. The van der Waals surface area contributed by atoms with Gasteiger partial charge in [-0.25, -0.2) is 0 Å². The minimum atomic E-state index is -1.69. The first-order chi connectivity index (χ1) is 8.61. The minimum Gasteiger partial charge on any atom is -0.493 e. The summed E-state index contributed by atoms with van der Waals surface area (Å²) < 4.78 is 16.1. The Bertz CT molecular complexity index is 481. The van der Waals surface area contributed by atoms with Gasteiger partial charge in [-0.05, 0) is 24.1 Å². The van der Waals surface area contributed by atoms with E-state index in [2.05, 4.69) is 13.2 Å². The zero-order valence-corrected chi connectivity index (χ0v) is 10.3. The first-order valence-corrected chi connectivity index (χ1v) is 5.65. The largest absolute Gasteiger partial charge is 0.493 e. The average molecular weight is 248 g/mol. The molecule has 2 rings (SSSR count). The van der Waals surface area contributed by atoms with Crippen molar-refractivity contribution >= 4 is 0 Å². The van der Waals surface area contributed by atoms with Gasteiger partial charge >= 0.3 is 5.97 Å². The van der Waals surface area contributed by atoms with Gasteiger partial charge in [0, 0.05) is 0 Å². The van der Waals surface area contributed by atoms with Crippen molar-refractivity contribution in [3.8, 4) is 17.2 Å². The van der Waals surface area contributed by atoms with Crippen molar-refractivity contribution in [2.24, 2.45) is 0 Å². The summed E-state index contributed by atoms with van der Waals surface area (Å²) in [4.78, 5) is 0. The average Bonchev–Trinajstić information content (AvgIpc) is 2.65. The van der Waals surface area contributed by atoms with Crippen molar-refractivity contribution in [3.63, 3.8) is 0 Å². The molecule has 4 heteroatoms. The van der Waals surface area contributed by atoms with Gasteiger partial charge in [0.1, 0.15) is 0 Å². The number of ether oxygens (including phenoxy) is 3. The molecule has 1 aromatic carbocycles. The van der Waals surface area contributed by atoms with Crippen molar-refractivity contribution in [2.45, 2.75) is 18.8 Å². The molecule has 18 heavy (non-hydrogen) atoms. The highest BCUT2D eigenvalue weighted by Gasteiger charge is 2.40. The van der Waals surface area contributed by atoms with Gasteiger partial charge in [-0.1, -0.05) is 12.2 Å². The predicted octanol–water partition coefficient (Wildman–Crippen LogP) is 2.42. The Kier molecular flexibility index (Phi) is 3.30. The highest BCUT2D eigenvalue weighted by atomic mass is 16.8. The molecule has 0 spiro atoms. The molecule has 0 amide bonds. The SMILES string of the molecule is C=CCc1cc(OC)c2c(c1)OC(O)(CC=C)O2. The van der Waals surface area contributed by atoms with E-state index >= 15 is 0 Å². The Morgan fingerprint density at radius 1 is 1.33 bits per heavy atom. The molecule has 0 saturated heterocycles. The smallest absolute Gasteiger partial charge is 0.373 e. The van der Waals surface area contributed by atoms with Crippen LogP contribution in [-0.4, -0.2) is 18.2 Å². The van der Waals surface area contributed by atoms with Gasteiger partial charge in [0.05, 0.1) is 13.5 Å². The summed E-state index contributed by atoms with van der Waals surface area (Å²) in [6, 6.07) is 3.64. The number of fused-ring (bicyclic) bond motifs is 1. The van der Waals surface area contributed by atoms with Crippen molar-refractivity contribution in [3.05, 3.63) is 43.0 Å². The van der Waals surface area contributed by atoms with E-state index in [9.17, 15) is 5.11 Å². The standard InChI is InChI=1S/C14H16O4/c1-4-6-10-8-11(16-3)13-12(9-10)17-14(15,18-13)7-5-2/h4-5,8-9,15H,1-2,6-7H2,3H3. The number of hydrogen-bond acceptors (Lipinski definition) is 4. The van der Waals surface area contributed by atoms with E-state index in [1.54, 1.807) is 19.3 Å². The molecule has 1 aliphatic rings. The number of methoxy groups -OCH3 is 1. The topological polar surface area (TPSA) is 47.9 Å². The van der Waals surface area contributed by atoms with Crippen molar-refractivity contribution in [1.82, 2.24) is 0 Å². The van der Waals surface area contributed by atoms with E-state index in [1.165, 1.54) is 6.08 Å². The molecule has 1 aromatic rings. The van der Waals surface area contributed by atoms with Gasteiger partial charge in [-0.15, -0.1) is 13.2 Å². The van der Waals surface area contributed by atoms with E-state index in [-0.39, 0.29) is 6.42 Å². The Labute approximate surface area is 106 Å². The van der Waals surface area contributed by atoms with Crippen LogP contribution in [0.2, 0.25) is 0 Å². The van der Waals surface area contributed by atoms with Crippen molar-refractivity contribution in [1.29, 1.82) is 0 Å². The third-order valence-corrected chi connectivity index (χ3v) is 2.61. The van der Waals surface area contributed by atoms with Crippen LogP contribution in [-0.2, 0) is 6.42 Å². The first kappa shape index (κ1) is 12.5. The van der Waals surface area contributed by atoms with Crippen LogP contribution in [0.15, 0.2) is 37.4 Å². The van der Waals surface area contributed by atoms with E-state index in [1.807, 2.05) is 6.07 Å². The summed E-state index contributed by atoms with van der Waals surface area (Å²) in [6.07, 6.45) is 4.17. The third-order valence-electron chi connectivity index (χ3n) is 2.61. The molecule has 1 N–H and O–H groups in total. The Morgan fingerprint density at radius 2 is 2.11 bits per heavy atom. The van der Waals surface area contributed by atoms with Gasteiger partial charge in [0.2, 0.25) is 5.75 Å². The van der Waals surface area contributed by atoms with Gasteiger partial charge in [-0.3, -0.25) is 0 Å². The summed E-state index contributed by atoms with van der Waals surface area (Å²) in [7, 11) is 1.54. The summed E-state index contributed by atoms with van der Waals surface area (Å²) >= 11 is 0. The fourth-order valence-corrected chi connectivity index (χ4v) is 1.86. The van der Waals surface area contributed by atoms with Crippen LogP contribution in [0.25, 0.3) is 0 Å². The van der Waals surface area contributed by atoms with E-state index in [4.69, 9.17) is 14.2 Å². The molecule has 1 aliphatic heterocycles. The van der Waals surface area contributed by atoms with Crippen LogP contribution < -0.4 is 14.2 Å². The maximum absolute atomic E-state index is 10.1. The number of allylic oxidation sites excluding steroid dienone is 1. The number of benzene rings is 1. The van der Waals surface area contributed by atoms with Crippen LogP contribution >= 0.6 is 0 Å². The van der Waals surface area contributed by atoms with Crippen LogP contribution in [0.5, 0.6) is 17.2 Å². The lowest BCUT2D eigenvalue weighted by Crippen LogP contribution is -2.37. The molecular weight excluding hydrogens is 232 g/mol. The highest BCUT2D eigenvalue weighted by molar-refractivity contribution is 5.56. The minimum absolute atomic E-state index is 0.168. The maximum atomic E-state index is 10.1. The molecule has 1 unspecified atom stereocenters. The molecule has 0 aliphatic carbocycles. The highest BCUT2D eigenvalue weighted by Crippen LogP contribution is 2.47. The molecule has 0 bridgehead atoms. The number of hydrogen-bond donors (Lipinski definition) is 1. The molecule has 1 heterocycles. The lowest BCUT2D eigenvalue weighted by molar-refractivity contribution is -0.246. The summed E-state index contributed by atoms with van der Waals surface area (Å²) in [6.45, 7) is 7.24. The van der Waals surface area contributed by atoms with E-state index < -0.39 is 5.97 Å². The maximum Gasteiger partial charge on any atom is 0.373 e. The molecule has 0 radical (unpaired) electrons. The Morgan fingerprint density at radius 3 is 2.72 bits per heavy atom. The summed E-state index contributed by atoms with van der Waals surface area (Å²) in [5, 5.41) is 10.1. The third kappa shape index (κ3) is 2.19. The van der Waals surface area contributed by atoms with Crippen LogP contribution in [0, 0.1) is 0 Å². The lowest BCUT2D eigenvalue weighted by atomic mass is 10.1. The second kappa shape index (κ2) is 4.74. The predicted molar refractivity (Wildman–Crippen MR) is 67.9 cm³/mol. The van der Waals surface area contributed by atoms with Gasteiger partial charge in [0.15, 0.2) is 11.5 Å². The quantitative estimate of drug-likeness (QED) is 0.813. The van der Waals surface area contributed by atoms with Crippen LogP contribution in [0.1, 0.15) is 12.0 Å². The molecule has 1 atom stereocenters. The molecule has 0 aromatic heterocycles. The molecule has 0 fully saturated rings. The Hall–Kier alpha value is -1.94. The normalized spacial score (nSPS) is 20.6.